The normalized spacial score (nSPS) is 14.2. The van der Waals surface area contributed by atoms with E-state index in [0.717, 1.165) is 21.9 Å². The third-order valence-corrected chi connectivity index (χ3v) is 4.94. The molecule has 0 amide bonds. The smallest absolute Gasteiger partial charge is 0.169 e. The van der Waals surface area contributed by atoms with Crippen LogP contribution in [-0.4, -0.2) is 5.78 Å². The van der Waals surface area contributed by atoms with Gasteiger partial charge in [-0.05, 0) is 44.0 Å². The molecule has 24 heavy (non-hydrogen) atoms. The summed E-state index contributed by atoms with van der Waals surface area (Å²) in [7, 11) is 0. The van der Waals surface area contributed by atoms with Gasteiger partial charge in [0.05, 0.1) is 6.42 Å². The Morgan fingerprint density at radius 3 is 2.29 bits per heavy atom. The number of ketones is 1. The van der Waals surface area contributed by atoms with Crippen molar-refractivity contribution in [1.29, 1.82) is 0 Å². The van der Waals surface area contributed by atoms with Gasteiger partial charge in [-0.15, -0.1) is 0 Å². The zero-order valence-electron chi connectivity index (χ0n) is 13.0. The van der Waals surface area contributed by atoms with E-state index >= 15 is 0 Å². The lowest BCUT2D eigenvalue weighted by atomic mass is 9.87. The summed E-state index contributed by atoms with van der Waals surface area (Å²) < 4.78 is 0. The van der Waals surface area contributed by atoms with Crippen molar-refractivity contribution in [3.63, 3.8) is 0 Å². The van der Waals surface area contributed by atoms with Crippen LogP contribution in [0.4, 0.5) is 0 Å². The lowest BCUT2D eigenvalue weighted by molar-refractivity contribution is 0.0993. The minimum atomic E-state index is 0.107. The van der Waals surface area contributed by atoms with Gasteiger partial charge in [0.1, 0.15) is 0 Å². The second kappa shape index (κ2) is 4.68. The van der Waals surface area contributed by atoms with E-state index in [9.17, 15) is 4.79 Å². The molecule has 114 valence electrons. The molecule has 0 saturated heterocycles. The van der Waals surface area contributed by atoms with Crippen LogP contribution in [0.25, 0.3) is 38.4 Å². The molecule has 0 fully saturated rings. The number of fused-ring (bicyclic) bond motifs is 7. The molecule has 2 nitrogen and oxygen atoms in total. The summed E-state index contributed by atoms with van der Waals surface area (Å²) in [6, 6.07) is 21.0. The van der Waals surface area contributed by atoms with E-state index < -0.39 is 0 Å². The van der Waals surface area contributed by atoms with E-state index in [4.69, 9.17) is 5.73 Å². The van der Waals surface area contributed by atoms with Gasteiger partial charge >= 0.3 is 0 Å². The standard InChI is InChI=1S/C22H15NO/c23-15-11-14-6-8-19-18-7-5-13-3-1-2-4-16(13)17(18)9-10-20(19)22(14)21(24)12-15/h1-11H,12,23H2. The second-order valence-electron chi connectivity index (χ2n) is 6.39. The summed E-state index contributed by atoms with van der Waals surface area (Å²) in [5.41, 5.74) is 8.24. The highest BCUT2D eigenvalue weighted by atomic mass is 16.1. The Kier molecular flexibility index (Phi) is 2.60. The Balaban J connectivity index is 1.95. The molecule has 0 aromatic heterocycles. The van der Waals surface area contributed by atoms with Crippen molar-refractivity contribution in [2.75, 3.05) is 0 Å². The molecular weight excluding hydrogens is 294 g/mol. The lowest BCUT2D eigenvalue weighted by Crippen LogP contribution is -2.13. The van der Waals surface area contributed by atoms with Crippen molar-refractivity contribution in [1.82, 2.24) is 0 Å². The van der Waals surface area contributed by atoms with Crippen molar-refractivity contribution in [2.45, 2.75) is 6.42 Å². The van der Waals surface area contributed by atoms with Gasteiger partial charge in [0.25, 0.3) is 0 Å². The molecule has 5 rings (SSSR count). The summed E-state index contributed by atoms with van der Waals surface area (Å²) >= 11 is 0. The molecule has 2 heteroatoms. The van der Waals surface area contributed by atoms with Crippen LogP contribution in [-0.2, 0) is 0 Å². The highest BCUT2D eigenvalue weighted by Gasteiger charge is 2.20. The van der Waals surface area contributed by atoms with Crippen molar-refractivity contribution >= 4 is 44.2 Å². The van der Waals surface area contributed by atoms with E-state index in [1.807, 2.05) is 12.1 Å². The Morgan fingerprint density at radius 1 is 0.708 bits per heavy atom. The number of hydrogen-bond acceptors (Lipinski definition) is 2. The van der Waals surface area contributed by atoms with E-state index in [-0.39, 0.29) is 5.78 Å². The van der Waals surface area contributed by atoms with Crippen LogP contribution < -0.4 is 5.73 Å². The molecule has 0 heterocycles. The van der Waals surface area contributed by atoms with E-state index in [1.54, 1.807) is 0 Å². The zero-order chi connectivity index (χ0) is 16.3. The van der Waals surface area contributed by atoms with Crippen LogP contribution in [0.2, 0.25) is 0 Å². The summed E-state index contributed by atoms with van der Waals surface area (Å²) in [4.78, 5) is 12.5. The molecule has 0 saturated carbocycles. The summed E-state index contributed by atoms with van der Waals surface area (Å²) in [5, 5.41) is 7.02. The average Bonchev–Trinajstić information content (AvgIpc) is 2.60. The van der Waals surface area contributed by atoms with Gasteiger partial charge in [0, 0.05) is 11.3 Å². The Morgan fingerprint density at radius 2 is 1.38 bits per heavy atom. The predicted octanol–water partition coefficient (Wildman–Crippen LogP) is 5.03. The van der Waals surface area contributed by atoms with Gasteiger partial charge < -0.3 is 5.73 Å². The maximum atomic E-state index is 12.5. The first-order valence-corrected chi connectivity index (χ1v) is 8.09. The van der Waals surface area contributed by atoms with Crippen LogP contribution in [0.1, 0.15) is 22.3 Å². The van der Waals surface area contributed by atoms with Crippen molar-refractivity contribution in [2.24, 2.45) is 5.73 Å². The number of hydrogen-bond donors (Lipinski definition) is 1. The maximum absolute atomic E-state index is 12.5. The van der Waals surface area contributed by atoms with Crippen LogP contribution >= 0.6 is 0 Å². The molecule has 0 bridgehead atoms. The number of allylic oxidation sites excluding steroid dienone is 1. The molecule has 0 aliphatic heterocycles. The van der Waals surface area contributed by atoms with E-state index in [2.05, 4.69) is 54.6 Å². The van der Waals surface area contributed by atoms with Gasteiger partial charge in [-0.2, -0.15) is 0 Å². The minimum absolute atomic E-state index is 0.107. The first-order valence-electron chi connectivity index (χ1n) is 8.09. The monoisotopic (exact) mass is 309 g/mol. The number of nitrogens with two attached hydrogens (primary N) is 1. The van der Waals surface area contributed by atoms with Gasteiger partial charge in [0.2, 0.25) is 0 Å². The van der Waals surface area contributed by atoms with Gasteiger partial charge in [0.15, 0.2) is 5.78 Å². The molecule has 2 N–H and O–H groups in total. The first kappa shape index (κ1) is 13.3. The lowest BCUT2D eigenvalue weighted by Gasteiger charge is -2.16. The molecular formula is C22H15NO. The fraction of sp³-hybridized carbons (Fsp3) is 0.0455. The highest BCUT2D eigenvalue weighted by Crippen LogP contribution is 2.35. The zero-order valence-corrected chi connectivity index (χ0v) is 13.0. The molecule has 1 aliphatic rings. The van der Waals surface area contributed by atoms with E-state index in [0.29, 0.717) is 12.1 Å². The van der Waals surface area contributed by atoms with Crippen molar-refractivity contribution in [3.8, 4) is 0 Å². The second-order valence-corrected chi connectivity index (χ2v) is 6.39. The van der Waals surface area contributed by atoms with Crippen LogP contribution in [0.15, 0.2) is 66.4 Å². The number of benzene rings is 4. The maximum Gasteiger partial charge on any atom is 0.169 e. The minimum Gasteiger partial charge on any atom is -0.402 e. The predicted molar refractivity (Wildman–Crippen MR) is 100 cm³/mol. The largest absolute Gasteiger partial charge is 0.402 e. The topological polar surface area (TPSA) is 43.1 Å². The van der Waals surface area contributed by atoms with Crippen molar-refractivity contribution < 1.29 is 4.79 Å². The molecule has 1 aliphatic carbocycles. The average molecular weight is 309 g/mol. The number of rotatable bonds is 0. The quantitative estimate of drug-likeness (QED) is 0.463. The molecule has 0 atom stereocenters. The van der Waals surface area contributed by atoms with Gasteiger partial charge in [-0.3, -0.25) is 4.79 Å². The molecule has 4 aromatic rings. The number of carbonyl (C=O) groups excluding carboxylic acids is 1. The number of carbonyl (C=O) groups is 1. The summed E-state index contributed by atoms with van der Waals surface area (Å²) in [6.45, 7) is 0. The molecule has 0 spiro atoms. The van der Waals surface area contributed by atoms with E-state index in [1.165, 1.54) is 21.5 Å². The fourth-order valence-electron chi connectivity index (χ4n) is 3.88. The summed E-state index contributed by atoms with van der Waals surface area (Å²) in [6.07, 6.45) is 2.22. The van der Waals surface area contributed by atoms with Gasteiger partial charge in [-0.25, -0.2) is 0 Å². The highest BCUT2D eigenvalue weighted by molar-refractivity contribution is 6.22. The third-order valence-electron chi connectivity index (χ3n) is 4.94. The summed E-state index contributed by atoms with van der Waals surface area (Å²) in [5.74, 6) is 0.107. The van der Waals surface area contributed by atoms with Crippen LogP contribution in [0.3, 0.4) is 0 Å². The van der Waals surface area contributed by atoms with Crippen LogP contribution in [0.5, 0.6) is 0 Å². The number of Topliss-reactive ketones (excluding diaryl/α,β-unsaturated/α-hetero) is 1. The molecule has 0 radical (unpaired) electrons. The third kappa shape index (κ3) is 1.74. The molecule has 4 aromatic carbocycles. The molecule has 0 unspecified atom stereocenters. The Hall–Kier alpha value is -3.13. The first-order chi connectivity index (χ1) is 11.7. The van der Waals surface area contributed by atoms with Crippen molar-refractivity contribution in [3.05, 3.63) is 77.5 Å². The van der Waals surface area contributed by atoms with Gasteiger partial charge in [-0.1, -0.05) is 60.7 Å². The Labute approximate surface area is 139 Å². The Bertz CT molecular complexity index is 1200. The SMILES string of the molecule is NC1=Cc2ccc3c(ccc4c5ccccc5ccc34)c2C(=O)C1. The van der Waals surface area contributed by atoms with Crippen LogP contribution in [0, 0.1) is 0 Å². The fourth-order valence-corrected chi connectivity index (χ4v) is 3.88.